The first kappa shape index (κ1) is 13.9. The van der Waals surface area contributed by atoms with Gasteiger partial charge in [-0.15, -0.1) is 11.6 Å². The fraction of sp³-hybridized carbons (Fsp3) is 0.0667. The first-order chi connectivity index (χ1) is 10.1. The van der Waals surface area contributed by atoms with Gasteiger partial charge in [-0.25, -0.2) is 9.37 Å². The van der Waals surface area contributed by atoms with Crippen molar-refractivity contribution in [2.45, 2.75) is 5.88 Å². The monoisotopic (exact) mass is 319 g/mol. The summed E-state index contributed by atoms with van der Waals surface area (Å²) in [7, 11) is 0. The van der Waals surface area contributed by atoms with Crippen LogP contribution in [-0.4, -0.2) is 9.55 Å². The van der Waals surface area contributed by atoms with E-state index in [9.17, 15) is 4.39 Å². The normalized spacial score (nSPS) is 10.8. The summed E-state index contributed by atoms with van der Waals surface area (Å²) in [5, 5.41) is 9.05. The predicted molar refractivity (Wildman–Crippen MR) is 80.3 cm³/mol. The van der Waals surface area contributed by atoms with Gasteiger partial charge in [-0.3, -0.25) is 4.57 Å². The zero-order valence-electron chi connectivity index (χ0n) is 10.6. The topological polar surface area (TPSA) is 41.6 Å². The number of rotatable bonds is 2. The molecule has 2 aromatic carbocycles. The average molecular weight is 320 g/mol. The largest absolute Gasteiger partial charge is 0.295 e. The van der Waals surface area contributed by atoms with Gasteiger partial charge in [-0.1, -0.05) is 11.6 Å². The lowest BCUT2D eigenvalue weighted by Gasteiger charge is -2.08. The molecule has 0 aliphatic rings. The molecule has 0 atom stereocenters. The molecule has 0 fully saturated rings. The minimum absolute atomic E-state index is 0.0197. The minimum atomic E-state index is -0.491. The molecule has 0 radical (unpaired) electrons. The Morgan fingerprint density at radius 3 is 2.71 bits per heavy atom. The molecule has 0 aliphatic carbocycles. The van der Waals surface area contributed by atoms with Gasteiger partial charge in [0.25, 0.3) is 0 Å². The van der Waals surface area contributed by atoms with Crippen LogP contribution in [0.3, 0.4) is 0 Å². The lowest BCUT2D eigenvalue weighted by Crippen LogP contribution is -1.99. The van der Waals surface area contributed by atoms with Gasteiger partial charge >= 0.3 is 0 Å². The van der Waals surface area contributed by atoms with Crippen molar-refractivity contribution in [3.8, 4) is 11.8 Å². The molecule has 0 saturated carbocycles. The van der Waals surface area contributed by atoms with E-state index in [-0.39, 0.29) is 10.9 Å². The van der Waals surface area contributed by atoms with Crippen molar-refractivity contribution < 1.29 is 4.39 Å². The first-order valence-electron chi connectivity index (χ1n) is 6.07. The Kier molecular flexibility index (Phi) is 3.54. The van der Waals surface area contributed by atoms with Crippen molar-refractivity contribution in [2.75, 3.05) is 0 Å². The highest BCUT2D eigenvalue weighted by Gasteiger charge is 2.13. The molecule has 3 nitrogen and oxygen atoms in total. The quantitative estimate of drug-likeness (QED) is 0.656. The third-order valence-electron chi connectivity index (χ3n) is 3.13. The highest BCUT2D eigenvalue weighted by Crippen LogP contribution is 2.26. The van der Waals surface area contributed by atoms with Crippen molar-refractivity contribution in [1.29, 1.82) is 5.26 Å². The van der Waals surface area contributed by atoms with Crippen molar-refractivity contribution in [3.05, 3.63) is 58.6 Å². The fourth-order valence-corrected chi connectivity index (χ4v) is 2.55. The molecule has 3 aromatic rings. The number of hydrogen-bond donors (Lipinski definition) is 0. The van der Waals surface area contributed by atoms with Crippen molar-refractivity contribution >= 4 is 34.2 Å². The Hall–Kier alpha value is -2.09. The Labute approximate surface area is 130 Å². The second kappa shape index (κ2) is 5.36. The van der Waals surface area contributed by atoms with Crippen LogP contribution in [0, 0.1) is 17.1 Å². The van der Waals surface area contributed by atoms with Crippen LogP contribution in [0.2, 0.25) is 5.02 Å². The summed E-state index contributed by atoms with van der Waals surface area (Å²) >= 11 is 11.8. The molecule has 0 amide bonds. The van der Waals surface area contributed by atoms with Crippen molar-refractivity contribution in [2.24, 2.45) is 0 Å². The van der Waals surface area contributed by atoms with Gasteiger partial charge in [0.1, 0.15) is 11.6 Å². The van der Waals surface area contributed by atoms with E-state index >= 15 is 0 Å². The lowest BCUT2D eigenvalue weighted by molar-refractivity contribution is 0.628. The second-order valence-corrected chi connectivity index (χ2v) is 5.09. The number of alkyl halides is 1. The maximum Gasteiger partial charge on any atom is 0.141 e. The summed E-state index contributed by atoms with van der Waals surface area (Å²) in [5.41, 5.74) is 2.60. The van der Waals surface area contributed by atoms with E-state index in [1.54, 1.807) is 28.8 Å². The van der Waals surface area contributed by atoms with Gasteiger partial charge in [0.15, 0.2) is 0 Å². The molecule has 104 valence electrons. The Bertz CT molecular complexity index is 880. The number of benzene rings is 2. The molecule has 0 bridgehead atoms. The third kappa shape index (κ3) is 2.35. The second-order valence-electron chi connectivity index (χ2n) is 4.41. The molecule has 6 heteroatoms. The van der Waals surface area contributed by atoms with Crippen LogP contribution in [0.25, 0.3) is 16.7 Å². The van der Waals surface area contributed by atoms with Crippen LogP contribution >= 0.6 is 23.2 Å². The van der Waals surface area contributed by atoms with E-state index in [0.717, 1.165) is 5.52 Å². The van der Waals surface area contributed by atoms with Crippen LogP contribution in [0.1, 0.15) is 11.4 Å². The average Bonchev–Trinajstić information content (AvgIpc) is 2.87. The van der Waals surface area contributed by atoms with E-state index in [0.29, 0.717) is 22.6 Å². The zero-order valence-corrected chi connectivity index (χ0v) is 12.2. The van der Waals surface area contributed by atoms with Crippen LogP contribution in [0.5, 0.6) is 0 Å². The van der Waals surface area contributed by atoms with Gasteiger partial charge in [0.05, 0.1) is 33.6 Å². The molecular weight excluding hydrogens is 312 g/mol. The molecule has 21 heavy (non-hydrogen) atoms. The molecule has 3 rings (SSSR count). The highest BCUT2D eigenvalue weighted by atomic mass is 35.5. The molecule has 0 N–H and O–H groups in total. The number of nitrogens with zero attached hydrogens (tertiary/aromatic N) is 3. The number of halogens is 3. The third-order valence-corrected chi connectivity index (χ3v) is 3.66. The van der Waals surface area contributed by atoms with Gasteiger partial charge in [-0.2, -0.15) is 5.26 Å². The van der Waals surface area contributed by atoms with Crippen molar-refractivity contribution in [3.63, 3.8) is 0 Å². The van der Waals surface area contributed by atoms with Crippen molar-refractivity contribution in [1.82, 2.24) is 9.55 Å². The summed E-state index contributed by atoms with van der Waals surface area (Å²) < 4.78 is 15.1. The van der Waals surface area contributed by atoms with E-state index in [4.69, 9.17) is 28.5 Å². The summed E-state index contributed by atoms with van der Waals surface area (Å²) in [6.07, 6.45) is 0. The highest BCUT2D eigenvalue weighted by molar-refractivity contribution is 6.30. The Morgan fingerprint density at radius 1 is 1.24 bits per heavy atom. The SMILES string of the molecule is N#Cc1ccc2nc(CCl)n(-c3ccc(F)c(Cl)c3)c2c1. The first-order valence-corrected chi connectivity index (χ1v) is 6.98. The molecule has 0 spiro atoms. The Balaban J connectivity index is 2.33. The molecule has 0 aliphatic heterocycles. The maximum atomic E-state index is 13.3. The molecule has 0 unspecified atom stereocenters. The van der Waals surface area contributed by atoms with E-state index in [2.05, 4.69) is 11.1 Å². The van der Waals surface area contributed by atoms with Crippen LogP contribution < -0.4 is 0 Å². The fourth-order valence-electron chi connectivity index (χ4n) is 2.20. The number of hydrogen-bond acceptors (Lipinski definition) is 2. The smallest absolute Gasteiger partial charge is 0.141 e. The predicted octanol–water partition coefficient (Wildman–Crippen LogP) is 4.43. The van der Waals surface area contributed by atoms with E-state index in [1.807, 2.05) is 0 Å². The molecular formula is C15H8Cl2FN3. The standard InChI is InChI=1S/C15H8Cl2FN3/c16-7-15-20-13-4-1-9(8-19)5-14(13)21(15)10-2-3-12(18)11(17)6-10/h1-6H,7H2. The number of imidazole rings is 1. The summed E-state index contributed by atoms with van der Waals surface area (Å²) in [6.45, 7) is 0. The van der Waals surface area contributed by atoms with E-state index < -0.39 is 5.82 Å². The summed E-state index contributed by atoms with van der Waals surface area (Å²) in [4.78, 5) is 4.42. The number of fused-ring (bicyclic) bond motifs is 1. The minimum Gasteiger partial charge on any atom is -0.295 e. The zero-order chi connectivity index (χ0) is 15.0. The van der Waals surface area contributed by atoms with Crippen LogP contribution in [-0.2, 0) is 5.88 Å². The van der Waals surface area contributed by atoms with Gasteiger partial charge < -0.3 is 0 Å². The van der Waals surface area contributed by atoms with Gasteiger partial charge in [-0.05, 0) is 36.4 Å². The summed E-state index contributed by atoms with van der Waals surface area (Å²) in [5.74, 6) is 0.297. The molecule has 1 heterocycles. The lowest BCUT2D eigenvalue weighted by atomic mass is 10.2. The maximum absolute atomic E-state index is 13.3. The van der Waals surface area contributed by atoms with Crippen LogP contribution in [0.4, 0.5) is 4.39 Å². The molecule has 1 aromatic heterocycles. The summed E-state index contributed by atoms with van der Waals surface area (Å²) in [6, 6.07) is 11.6. The molecule has 0 saturated heterocycles. The van der Waals surface area contributed by atoms with E-state index in [1.165, 1.54) is 12.1 Å². The van der Waals surface area contributed by atoms with Crippen LogP contribution in [0.15, 0.2) is 36.4 Å². The van der Waals surface area contributed by atoms with Gasteiger partial charge in [0, 0.05) is 5.69 Å². The van der Waals surface area contributed by atoms with Gasteiger partial charge in [0.2, 0.25) is 0 Å². The number of aromatic nitrogens is 2. The number of nitriles is 1. The Morgan fingerprint density at radius 2 is 2.05 bits per heavy atom.